The van der Waals surface area contributed by atoms with Crippen molar-refractivity contribution in [2.75, 3.05) is 13.6 Å². The molecule has 1 aliphatic carbocycles. The van der Waals surface area contributed by atoms with E-state index in [0.29, 0.717) is 0 Å². The van der Waals surface area contributed by atoms with Crippen LogP contribution in [-0.2, 0) is 0 Å². The Morgan fingerprint density at radius 3 is 2.90 bits per heavy atom. The molecule has 0 amide bonds. The molecule has 0 spiro atoms. The quantitative estimate of drug-likeness (QED) is 0.621. The van der Waals surface area contributed by atoms with Crippen molar-refractivity contribution in [2.45, 2.75) is 13.8 Å². The van der Waals surface area contributed by atoms with Gasteiger partial charge in [0, 0.05) is 7.97 Å². The zero-order chi connectivity index (χ0) is 6.53. The van der Waals surface area contributed by atoms with E-state index >= 15 is 0 Å². The maximum absolute atomic E-state index is 3.15. The number of rotatable bonds is 2. The van der Waals surface area contributed by atoms with E-state index in [1.807, 2.05) is 7.05 Å². The van der Waals surface area contributed by atoms with Crippen LogP contribution >= 0.6 is 0 Å². The summed E-state index contributed by atoms with van der Waals surface area (Å²) in [5.41, 5.74) is 0. The second-order valence-corrected chi connectivity index (χ2v) is 2.37. The van der Waals surface area contributed by atoms with Gasteiger partial charge in [0.15, 0.2) is 0 Å². The van der Waals surface area contributed by atoms with E-state index < -0.39 is 0 Å². The monoisotopic (exact) mass is 141 g/mol. The van der Waals surface area contributed by atoms with Crippen molar-refractivity contribution >= 4 is 0 Å². The third kappa shape index (κ3) is 2.83. The van der Waals surface area contributed by atoms with Crippen molar-refractivity contribution in [3.05, 3.63) is 24.3 Å². The Kier molecular flexibility index (Phi) is 4.95. The minimum Gasteiger partial charge on any atom is -0.319 e. The van der Waals surface area contributed by atoms with Gasteiger partial charge in [-0.1, -0.05) is 31.7 Å². The molecule has 0 bridgehead atoms. The molecular formula is C9H19N. The van der Waals surface area contributed by atoms with E-state index in [0.717, 1.165) is 12.5 Å². The molecule has 1 atom stereocenters. The molecule has 0 aliphatic heterocycles. The van der Waals surface area contributed by atoms with Gasteiger partial charge in [0.25, 0.3) is 0 Å². The first-order valence-electron chi connectivity index (χ1n) is 3.41. The van der Waals surface area contributed by atoms with Crippen molar-refractivity contribution < 1.29 is 1.43 Å². The smallest absolute Gasteiger partial charge is 0.00143 e. The summed E-state index contributed by atoms with van der Waals surface area (Å²) in [6.45, 7) is 1.10. The molecule has 1 heteroatoms. The summed E-state index contributed by atoms with van der Waals surface area (Å²) in [5, 5.41) is 3.15. The maximum Gasteiger partial charge on any atom is 0.00143 e. The van der Waals surface area contributed by atoms with E-state index in [1.165, 1.54) is 6.42 Å². The van der Waals surface area contributed by atoms with Crippen LogP contribution in [0.25, 0.3) is 0 Å². The molecule has 0 aromatic rings. The van der Waals surface area contributed by atoms with E-state index in [1.54, 1.807) is 0 Å². The summed E-state index contributed by atoms with van der Waals surface area (Å²) < 4.78 is 0. The van der Waals surface area contributed by atoms with E-state index in [-0.39, 0.29) is 8.85 Å². The number of hydrogen-bond acceptors (Lipinski definition) is 1. The van der Waals surface area contributed by atoms with Crippen LogP contribution in [0.4, 0.5) is 0 Å². The molecule has 1 rings (SSSR count). The SMILES string of the molecule is C.CNCC1C=CC=CC1.[HH]. The first-order chi connectivity index (χ1) is 4.43. The van der Waals surface area contributed by atoms with Crippen LogP contribution in [0.3, 0.4) is 0 Å². The Bertz CT molecular complexity index is 130. The summed E-state index contributed by atoms with van der Waals surface area (Å²) >= 11 is 0. The average molecular weight is 141 g/mol. The molecule has 0 radical (unpaired) electrons. The molecule has 0 heterocycles. The summed E-state index contributed by atoms with van der Waals surface area (Å²) in [6.07, 6.45) is 9.87. The maximum atomic E-state index is 3.15. The van der Waals surface area contributed by atoms with Crippen molar-refractivity contribution in [1.82, 2.24) is 5.32 Å². The summed E-state index contributed by atoms with van der Waals surface area (Å²) in [5.74, 6) is 0.722. The van der Waals surface area contributed by atoms with E-state index in [9.17, 15) is 0 Å². The van der Waals surface area contributed by atoms with Crippen LogP contribution in [0, 0.1) is 5.92 Å². The van der Waals surface area contributed by atoms with Crippen LogP contribution in [0.1, 0.15) is 15.3 Å². The lowest BCUT2D eigenvalue weighted by molar-refractivity contribution is 0.602. The fourth-order valence-electron chi connectivity index (χ4n) is 1.05. The fraction of sp³-hybridized carbons (Fsp3) is 0.556. The van der Waals surface area contributed by atoms with Gasteiger partial charge in [-0.25, -0.2) is 0 Å². The minimum absolute atomic E-state index is 0. The van der Waals surface area contributed by atoms with Crippen molar-refractivity contribution in [1.29, 1.82) is 0 Å². The zero-order valence-electron chi connectivity index (χ0n) is 5.80. The minimum atomic E-state index is 0. The molecule has 1 aliphatic rings. The van der Waals surface area contributed by atoms with Crippen LogP contribution < -0.4 is 5.32 Å². The molecule has 0 aromatic heterocycles. The van der Waals surface area contributed by atoms with Gasteiger partial charge in [0.1, 0.15) is 0 Å². The molecule has 60 valence electrons. The first kappa shape index (κ1) is 9.44. The van der Waals surface area contributed by atoms with Crippen molar-refractivity contribution in [3.63, 3.8) is 0 Å². The molecule has 10 heavy (non-hydrogen) atoms. The largest absolute Gasteiger partial charge is 0.319 e. The third-order valence-electron chi connectivity index (χ3n) is 1.54. The number of allylic oxidation sites excluding steroid dienone is 3. The Hall–Kier alpha value is -0.560. The Balaban J connectivity index is 0. The third-order valence-corrected chi connectivity index (χ3v) is 1.54. The summed E-state index contributed by atoms with van der Waals surface area (Å²) in [7, 11) is 1.99. The standard InChI is InChI=1S/C8H13N.CH4.H2/c1-9-7-8-5-3-2-4-6-8;;/h2-5,8-9H,6-7H2,1H3;1H4;1H. The van der Waals surface area contributed by atoms with Gasteiger partial charge in [-0.15, -0.1) is 0 Å². The summed E-state index contributed by atoms with van der Waals surface area (Å²) in [4.78, 5) is 0. The highest BCUT2D eigenvalue weighted by atomic mass is 14.8. The highest BCUT2D eigenvalue weighted by molar-refractivity contribution is 5.10. The van der Waals surface area contributed by atoms with Crippen LogP contribution in [0.15, 0.2) is 24.3 Å². The lowest BCUT2D eigenvalue weighted by Crippen LogP contribution is -2.17. The van der Waals surface area contributed by atoms with Crippen molar-refractivity contribution in [3.8, 4) is 0 Å². The van der Waals surface area contributed by atoms with E-state index in [2.05, 4.69) is 29.6 Å². The Labute approximate surface area is 65.3 Å². The molecular weight excluding hydrogens is 122 g/mol. The predicted octanol–water partition coefficient (Wildman–Crippen LogP) is 2.22. The molecule has 1 nitrogen and oxygen atoms in total. The molecule has 1 unspecified atom stereocenters. The molecule has 1 N–H and O–H groups in total. The van der Waals surface area contributed by atoms with Gasteiger partial charge in [-0.05, 0) is 19.4 Å². The predicted molar refractivity (Wildman–Crippen MR) is 49.2 cm³/mol. The van der Waals surface area contributed by atoms with E-state index in [4.69, 9.17) is 0 Å². The second-order valence-electron chi connectivity index (χ2n) is 2.37. The highest BCUT2D eigenvalue weighted by Gasteiger charge is 2.01. The summed E-state index contributed by atoms with van der Waals surface area (Å²) in [6, 6.07) is 0. The highest BCUT2D eigenvalue weighted by Crippen LogP contribution is 2.08. The van der Waals surface area contributed by atoms with Crippen LogP contribution in [0.5, 0.6) is 0 Å². The number of hydrogen-bond donors (Lipinski definition) is 1. The van der Waals surface area contributed by atoms with Crippen LogP contribution in [-0.4, -0.2) is 13.6 Å². The second kappa shape index (κ2) is 5.24. The van der Waals surface area contributed by atoms with Gasteiger partial charge in [0.2, 0.25) is 0 Å². The van der Waals surface area contributed by atoms with Gasteiger partial charge < -0.3 is 5.32 Å². The first-order valence-corrected chi connectivity index (χ1v) is 3.41. The van der Waals surface area contributed by atoms with Gasteiger partial charge in [0.05, 0.1) is 0 Å². The average Bonchev–Trinajstić information content (AvgIpc) is 1.91. The van der Waals surface area contributed by atoms with Gasteiger partial charge in [-0.3, -0.25) is 0 Å². The van der Waals surface area contributed by atoms with Crippen LogP contribution in [0.2, 0.25) is 0 Å². The Morgan fingerprint density at radius 1 is 1.60 bits per heavy atom. The molecule has 0 saturated carbocycles. The normalized spacial score (nSPS) is 22.3. The molecule has 0 fully saturated rings. The lowest BCUT2D eigenvalue weighted by atomic mass is 10.0. The topological polar surface area (TPSA) is 12.0 Å². The van der Waals surface area contributed by atoms with Gasteiger partial charge >= 0.3 is 0 Å². The fourth-order valence-corrected chi connectivity index (χ4v) is 1.05. The lowest BCUT2D eigenvalue weighted by Gasteiger charge is -2.10. The Morgan fingerprint density at radius 2 is 2.40 bits per heavy atom. The van der Waals surface area contributed by atoms with Gasteiger partial charge in [-0.2, -0.15) is 0 Å². The molecule has 0 saturated heterocycles. The van der Waals surface area contributed by atoms with Crippen molar-refractivity contribution in [2.24, 2.45) is 5.92 Å². The molecule has 0 aromatic carbocycles. The number of nitrogens with one attached hydrogen (secondary N) is 1. The zero-order valence-corrected chi connectivity index (χ0v) is 5.80.